The third kappa shape index (κ3) is 3.66. The lowest BCUT2D eigenvalue weighted by Crippen LogP contribution is -2.34. The smallest absolute Gasteiger partial charge is 0.143 e. The van der Waals surface area contributed by atoms with Crippen molar-refractivity contribution >= 4 is 0 Å². The molecule has 2 nitrogen and oxygen atoms in total. The Hall–Kier alpha value is -2.68. The van der Waals surface area contributed by atoms with E-state index in [9.17, 15) is 5.11 Å². The van der Waals surface area contributed by atoms with Crippen LogP contribution in [0.15, 0.2) is 103 Å². The van der Waals surface area contributed by atoms with E-state index in [2.05, 4.69) is 84.9 Å². The Morgan fingerprint density at radius 2 is 1.21 bits per heavy atom. The highest BCUT2D eigenvalue weighted by Gasteiger charge is 2.37. The monoisotopic (exact) mass is 370 g/mol. The van der Waals surface area contributed by atoms with E-state index in [1.54, 1.807) is 0 Å². The highest BCUT2D eigenvalue weighted by Crippen LogP contribution is 2.40. The number of hydrogen-bond donors (Lipinski definition) is 1. The van der Waals surface area contributed by atoms with Gasteiger partial charge in [0, 0.05) is 12.5 Å². The van der Waals surface area contributed by atoms with Crippen molar-refractivity contribution in [1.29, 1.82) is 0 Å². The zero-order valence-electron chi connectivity index (χ0n) is 15.9. The molecule has 0 heterocycles. The van der Waals surface area contributed by atoms with Gasteiger partial charge in [-0.25, -0.2) is 0 Å². The number of aliphatic hydroxyl groups excluding tert-OH is 1. The number of hydrogen-bond acceptors (Lipinski definition) is 2. The van der Waals surface area contributed by atoms with Crippen LogP contribution < -0.4 is 0 Å². The number of benzene rings is 3. The maximum Gasteiger partial charge on any atom is 0.143 e. The van der Waals surface area contributed by atoms with Gasteiger partial charge in [-0.15, -0.1) is 0 Å². The Morgan fingerprint density at radius 1 is 0.750 bits per heavy atom. The van der Waals surface area contributed by atoms with Crippen molar-refractivity contribution < 1.29 is 9.84 Å². The minimum atomic E-state index is -0.683. The number of aliphatic hydroxyl groups is 1. The van der Waals surface area contributed by atoms with E-state index in [1.165, 1.54) is 0 Å². The van der Waals surface area contributed by atoms with Gasteiger partial charge in [-0.1, -0.05) is 103 Å². The summed E-state index contributed by atoms with van der Waals surface area (Å²) < 4.78 is 6.75. The minimum absolute atomic E-state index is 0.167. The first-order chi connectivity index (χ1) is 13.8. The summed E-state index contributed by atoms with van der Waals surface area (Å²) in [4.78, 5) is 0. The molecule has 1 aliphatic carbocycles. The first kappa shape index (κ1) is 18.7. The molecule has 2 atom stereocenters. The summed E-state index contributed by atoms with van der Waals surface area (Å²) in [7, 11) is 0. The van der Waals surface area contributed by atoms with E-state index in [0.29, 0.717) is 6.61 Å². The largest absolute Gasteiger partial charge is 0.392 e. The zero-order chi connectivity index (χ0) is 19.2. The van der Waals surface area contributed by atoms with E-state index in [0.717, 1.165) is 29.5 Å². The van der Waals surface area contributed by atoms with E-state index in [4.69, 9.17) is 4.74 Å². The zero-order valence-corrected chi connectivity index (χ0v) is 15.9. The molecule has 1 N–H and O–H groups in total. The molecule has 0 bridgehead atoms. The summed E-state index contributed by atoms with van der Waals surface area (Å²) in [6.45, 7) is 0.560. The fourth-order valence-corrected chi connectivity index (χ4v) is 4.10. The molecule has 2 heteroatoms. The summed E-state index contributed by atoms with van der Waals surface area (Å²) in [6.07, 6.45) is 5.43. The van der Waals surface area contributed by atoms with Crippen LogP contribution in [-0.2, 0) is 10.3 Å². The van der Waals surface area contributed by atoms with Crippen LogP contribution in [0.1, 0.15) is 29.5 Å². The van der Waals surface area contributed by atoms with Gasteiger partial charge in [-0.05, 0) is 29.5 Å². The van der Waals surface area contributed by atoms with Crippen molar-refractivity contribution in [3.8, 4) is 0 Å². The molecular formula is C26H26O2. The Kier molecular flexibility index (Phi) is 5.70. The average molecular weight is 370 g/mol. The minimum Gasteiger partial charge on any atom is -0.392 e. The lowest BCUT2D eigenvalue weighted by atomic mass is 9.80. The first-order valence-corrected chi connectivity index (χ1v) is 9.96. The molecule has 4 rings (SSSR count). The van der Waals surface area contributed by atoms with Gasteiger partial charge >= 0.3 is 0 Å². The van der Waals surface area contributed by atoms with Crippen LogP contribution in [0.5, 0.6) is 0 Å². The van der Waals surface area contributed by atoms with Gasteiger partial charge < -0.3 is 9.84 Å². The Labute approximate surface area is 167 Å². The van der Waals surface area contributed by atoms with Crippen LogP contribution in [0.4, 0.5) is 0 Å². The highest BCUT2D eigenvalue weighted by molar-refractivity contribution is 5.47. The Bertz CT molecular complexity index is 791. The third-order valence-corrected chi connectivity index (χ3v) is 5.57. The lowest BCUT2D eigenvalue weighted by molar-refractivity contribution is 0.000435. The van der Waals surface area contributed by atoms with Gasteiger partial charge in [0.25, 0.3) is 0 Å². The fourth-order valence-electron chi connectivity index (χ4n) is 4.10. The van der Waals surface area contributed by atoms with E-state index < -0.39 is 5.60 Å². The molecule has 0 aliphatic heterocycles. The van der Waals surface area contributed by atoms with Crippen LogP contribution in [0, 0.1) is 5.92 Å². The molecule has 0 fully saturated rings. The lowest BCUT2D eigenvalue weighted by Gasteiger charge is -2.36. The molecule has 0 spiro atoms. The second-order valence-corrected chi connectivity index (χ2v) is 7.31. The molecule has 142 valence electrons. The topological polar surface area (TPSA) is 29.5 Å². The second kappa shape index (κ2) is 8.55. The summed E-state index contributed by atoms with van der Waals surface area (Å²) in [5.74, 6) is 0.167. The maximum absolute atomic E-state index is 10.2. The van der Waals surface area contributed by atoms with Crippen molar-refractivity contribution in [3.05, 3.63) is 120 Å². The SMILES string of the molecule is O[C@@H]1CC=C[C@H]1CCOC(c1ccccc1)(c1ccccc1)c1ccccc1. The number of rotatable bonds is 7. The summed E-state index contributed by atoms with van der Waals surface area (Å²) >= 11 is 0. The molecule has 28 heavy (non-hydrogen) atoms. The van der Waals surface area contributed by atoms with Gasteiger partial charge in [0.15, 0.2) is 0 Å². The van der Waals surface area contributed by atoms with Gasteiger partial charge in [0.05, 0.1) is 6.10 Å². The van der Waals surface area contributed by atoms with Crippen LogP contribution in [-0.4, -0.2) is 17.8 Å². The quantitative estimate of drug-likeness (QED) is 0.450. The average Bonchev–Trinajstić information content (AvgIpc) is 3.18. The molecule has 0 saturated heterocycles. The predicted molar refractivity (Wildman–Crippen MR) is 113 cm³/mol. The van der Waals surface area contributed by atoms with E-state index in [1.807, 2.05) is 18.2 Å². The van der Waals surface area contributed by atoms with Gasteiger partial charge in [-0.3, -0.25) is 0 Å². The van der Waals surface area contributed by atoms with E-state index >= 15 is 0 Å². The summed E-state index contributed by atoms with van der Waals surface area (Å²) in [5.41, 5.74) is 2.64. The molecule has 1 aliphatic rings. The van der Waals surface area contributed by atoms with Gasteiger partial charge in [0.2, 0.25) is 0 Å². The van der Waals surface area contributed by atoms with Crippen molar-refractivity contribution in [2.45, 2.75) is 24.5 Å². The molecule has 3 aromatic rings. The van der Waals surface area contributed by atoms with Crippen LogP contribution >= 0.6 is 0 Å². The number of ether oxygens (including phenoxy) is 1. The van der Waals surface area contributed by atoms with Crippen LogP contribution in [0.3, 0.4) is 0 Å². The van der Waals surface area contributed by atoms with Crippen molar-refractivity contribution in [2.75, 3.05) is 6.61 Å². The summed E-state index contributed by atoms with van der Waals surface area (Å²) in [6, 6.07) is 31.2. The van der Waals surface area contributed by atoms with Crippen molar-refractivity contribution in [2.24, 2.45) is 5.92 Å². The normalized spacial score (nSPS) is 19.0. The Morgan fingerprint density at radius 3 is 1.61 bits per heavy atom. The second-order valence-electron chi connectivity index (χ2n) is 7.31. The van der Waals surface area contributed by atoms with Gasteiger partial charge in [-0.2, -0.15) is 0 Å². The van der Waals surface area contributed by atoms with Gasteiger partial charge in [0.1, 0.15) is 5.60 Å². The predicted octanol–water partition coefficient (Wildman–Crippen LogP) is 5.32. The molecule has 0 aromatic heterocycles. The fraction of sp³-hybridized carbons (Fsp3) is 0.231. The summed E-state index contributed by atoms with van der Waals surface area (Å²) in [5, 5.41) is 10.2. The first-order valence-electron chi connectivity index (χ1n) is 9.96. The molecule has 0 amide bonds. The van der Waals surface area contributed by atoms with Crippen molar-refractivity contribution in [3.63, 3.8) is 0 Å². The standard InChI is InChI=1S/C26H26O2/c27-25-18-10-11-21(25)19-20-28-26(22-12-4-1-5-13-22,23-14-6-2-7-15-23)24-16-8-3-9-17-24/h1-17,21,25,27H,18-20H2/t21-,25+/m0/s1. The van der Waals surface area contributed by atoms with Crippen molar-refractivity contribution in [1.82, 2.24) is 0 Å². The maximum atomic E-state index is 10.2. The Balaban J connectivity index is 1.75. The third-order valence-electron chi connectivity index (χ3n) is 5.57. The molecular weight excluding hydrogens is 344 g/mol. The van der Waals surface area contributed by atoms with E-state index in [-0.39, 0.29) is 12.0 Å². The molecule has 0 unspecified atom stereocenters. The molecule has 0 saturated carbocycles. The molecule has 3 aromatic carbocycles. The van der Waals surface area contributed by atoms with Crippen LogP contribution in [0.2, 0.25) is 0 Å². The van der Waals surface area contributed by atoms with Crippen LogP contribution in [0.25, 0.3) is 0 Å². The molecule has 0 radical (unpaired) electrons. The highest BCUT2D eigenvalue weighted by atomic mass is 16.5.